The first-order valence-electron chi connectivity index (χ1n) is 7.37. The monoisotopic (exact) mass is 418 g/mol. The van der Waals surface area contributed by atoms with Gasteiger partial charge < -0.3 is 5.32 Å². The first-order valence-corrected chi connectivity index (χ1v) is 9.61. The molecule has 2 aromatic carbocycles. The average Bonchev–Trinajstić information content (AvgIpc) is 2.54. The number of sulfonamides is 1. The molecule has 0 spiro atoms. The Morgan fingerprint density at radius 2 is 1.87 bits per heavy atom. The lowest BCUT2D eigenvalue weighted by molar-refractivity contribution is 0.293. The Labute approximate surface area is 151 Å². The number of piperidine rings is 1. The highest BCUT2D eigenvalue weighted by Crippen LogP contribution is 2.26. The molecule has 1 N–H and O–H groups in total. The van der Waals surface area contributed by atoms with Gasteiger partial charge in [-0.3, -0.25) is 0 Å². The maximum atomic E-state index is 12.8. The summed E-state index contributed by atoms with van der Waals surface area (Å²) in [6.45, 7) is 1.14. The summed E-state index contributed by atoms with van der Waals surface area (Å²) in [4.78, 5) is 0.374. The Kier molecular flexibility index (Phi) is 6.08. The van der Waals surface area contributed by atoms with E-state index in [1.165, 1.54) is 0 Å². The predicted molar refractivity (Wildman–Crippen MR) is 99.7 cm³/mol. The molecule has 0 radical (unpaired) electrons. The lowest BCUT2D eigenvalue weighted by atomic mass is 10.1. The van der Waals surface area contributed by atoms with Gasteiger partial charge in [0.25, 0.3) is 0 Å². The fourth-order valence-electron chi connectivity index (χ4n) is 2.90. The molecule has 0 saturated carbocycles. The van der Waals surface area contributed by atoms with Crippen LogP contribution in [0.25, 0.3) is 10.8 Å². The fourth-order valence-corrected chi connectivity index (χ4v) is 4.84. The van der Waals surface area contributed by atoms with Crippen molar-refractivity contribution < 1.29 is 8.42 Å². The van der Waals surface area contributed by atoms with Gasteiger partial charge in [0.2, 0.25) is 10.0 Å². The minimum absolute atomic E-state index is 0. The Balaban J connectivity index is 0.00000192. The third kappa shape index (κ3) is 3.88. The van der Waals surface area contributed by atoms with Crippen LogP contribution in [-0.2, 0) is 10.0 Å². The summed E-state index contributed by atoms with van der Waals surface area (Å²) in [5.41, 5.74) is 0. The van der Waals surface area contributed by atoms with Crippen LogP contribution in [-0.4, -0.2) is 38.9 Å². The van der Waals surface area contributed by atoms with Crippen molar-refractivity contribution in [2.45, 2.75) is 23.8 Å². The van der Waals surface area contributed by atoms with Gasteiger partial charge in [-0.25, -0.2) is 8.42 Å². The van der Waals surface area contributed by atoms with Crippen molar-refractivity contribution in [1.82, 2.24) is 9.62 Å². The third-order valence-electron chi connectivity index (χ3n) is 4.20. The van der Waals surface area contributed by atoms with Crippen LogP contribution in [0.5, 0.6) is 0 Å². The van der Waals surface area contributed by atoms with Gasteiger partial charge in [0.05, 0.1) is 4.90 Å². The number of benzene rings is 2. The highest BCUT2D eigenvalue weighted by molar-refractivity contribution is 9.10. The maximum Gasteiger partial charge on any atom is 0.243 e. The van der Waals surface area contributed by atoms with E-state index in [0.29, 0.717) is 18.0 Å². The van der Waals surface area contributed by atoms with Gasteiger partial charge in [-0.05, 0) is 54.9 Å². The van der Waals surface area contributed by atoms with Crippen LogP contribution < -0.4 is 5.32 Å². The number of likely N-dealkylation sites (N-methyl/N-ethyl adjacent to an activating group) is 1. The number of hydrogen-bond donors (Lipinski definition) is 1. The van der Waals surface area contributed by atoms with Crippen molar-refractivity contribution in [2.75, 3.05) is 20.1 Å². The van der Waals surface area contributed by atoms with Crippen molar-refractivity contribution in [3.8, 4) is 0 Å². The molecule has 1 fully saturated rings. The molecular formula is C16H20BrClN2O2S. The Morgan fingerprint density at radius 3 is 2.61 bits per heavy atom. The molecule has 2 aromatic rings. The third-order valence-corrected chi connectivity index (χ3v) is 6.56. The SMILES string of the molecule is CNC1CCCN(S(=O)(=O)c2ccc3cc(Br)ccc3c2)C1.Cl. The maximum absolute atomic E-state index is 12.8. The zero-order valence-electron chi connectivity index (χ0n) is 12.8. The normalized spacial score (nSPS) is 19.5. The standard InChI is InChI=1S/C16H19BrN2O2S.ClH/c1-18-15-3-2-8-19(11-15)22(20,21)16-7-5-12-9-14(17)6-4-13(12)10-16;/h4-7,9-10,15,18H,2-3,8,11H2,1H3;1H. The van der Waals surface area contributed by atoms with Crippen LogP contribution >= 0.6 is 28.3 Å². The van der Waals surface area contributed by atoms with Crippen molar-refractivity contribution in [1.29, 1.82) is 0 Å². The molecule has 1 saturated heterocycles. The van der Waals surface area contributed by atoms with E-state index in [-0.39, 0.29) is 18.4 Å². The molecule has 23 heavy (non-hydrogen) atoms. The molecule has 1 unspecified atom stereocenters. The molecule has 0 aromatic heterocycles. The molecule has 7 heteroatoms. The molecule has 4 nitrogen and oxygen atoms in total. The quantitative estimate of drug-likeness (QED) is 0.829. The lowest BCUT2D eigenvalue weighted by Crippen LogP contribution is -2.46. The highest BCUT2D eigenvalue weighted by Gasteiger charge is 2.29. The van der Waals surface area contributed by atoms with E-state index in [1.807, 2.05) is 31.3 Å². The van der Waals surface area contributed by atoms with Crippen LogP contribution in [0, 0.1) is 0 Å². The van der Waals surface area contributed by atoms with Crippen LogP contribution in [0.4, 0.5) is 0 Å². The molecule has 3 rings (SSSR count). The largest absolute Gasteiger partial charge is 0.316 e. The summed E-state index contributed by atoms with van der Waals surface area (Å²) >= 11 is 3.43. The van der Waals surface area contributed by atoms with Crippen LogP contribution in [0.1, 0.15) is 12.8 Å². The van der Waals surface area contributed by atoms with Gasteiger partial charge in [-0.15, -0.1) is 12.4 Å². The number of fused-ring (bicyclic) bond motifs is 1. The summed E-state index contributed by atoms with van der Waals surface area (Å²) < 4.78 is 28.3. The van der Waals surface area contributed by atoms with E-state index in [2.05, 4.69) is 21.2 Å². The molecule has 1 atom stereocenters. The van der Waals surface area contributed by atoms with Crippen molar-refractivity contribution >= 4 is 49.1 Å². The van der Waals surface area contributed by atoms with E-state index in [1.54, 1.807) is 16.4 Å². The minimum atomic E-state index is -3.43. The molecule has 1 heterocycles. The van der Waals surface area contributed by atoms with Gasteiger partial charge in [-0.1, -0.05) is 28.1 Å². The van der Waals surface area contributed by atoms with Crippen LogP contribution in [0.15, 0.2) is 45.8 Å². The Hall–Kier alpha value is -0.660. The molecule has 0 amide bonds. The minimum Gasteiger partial charge on any atom is -0.316 e. The Bertz CT molecular complexity index is 798. The van der Waals surface area contributed by atoms with E-state index in [0.717, 1.165) is 28.1 Å². The second-order valence-corrected chi connectivity index (χ2v) is 8.50. The zero-order chi connectivity index (χ0) is 15.7. The fraction of sp³-hybridized carbons (Fsp3) is 0.375. The van der Waals surface area contributed by atoms with Gasteiger partial charge >= 0.3 is 0 Å². The van der Waals surface area contributed by atoms with E-state index in [9.17, 15) is 8.42 Å². The smallest absolute Gasteiger partial charge is 0.243 e. The molecular weight excluding hydrogens is 400 g/mol. The first-order chi connectivity index (χ1) is 10.5. The van der Waals surface area contributed by atoms with Gasteiger partial charge in [0.1, 0.15) is 0 Å². The van der Waals surface area contributed by atoms with Gasteiger partial charge in [0, 0.05) is 23.6 Å². The highest BCUT2D eigenvalue weighted by atomic mass is 79.9. The number of hydrogen-bond acceptors (Lipinski definition) is 3. The average molecular weight is 420 g/mol. The van der Waals surface area contributed by atoms with E-state index in [4.69, 9.17) is 0 Å². The summed E-state index contributed by atoms with van der Waals surface area (Å²) in [6, 6.07) is 11.4. The van der Waals surface area contributed by atoms with Gasteiger partial charge in [0.15, 0.2) is 0 Å². The molecule has 1 aliphatic rings. The summed E-state index contributed by atoms with van der Waals surface area (Å²) in [5, 5.41) is 5.15. The first kappa shape index (κ1) is 18.7. The Morgan fingerprint density at radius 1 is 1.17 bits per heavy atom. The lowest BCUT2D eigenvalue weighted by Gasteiger charge is -2.31. The van der Waals surface area contributed by atoms with Crippen molar-refractivity contribution in [2.24, 2.45) is 0 Å². The predicted octanol–water partition coefficient (Wildman–Crippen LogP) is 3.40. The van der Waals surface area contributed by atoms with Gasteiger partial charge in [-0.2, -0.15) is 4.31 Å². The molecule has 0 bridgehead atoms. The van der Waals surface area contributed by atoms with E-state index >= 15 is 0 Å². The summed E-state index contributed by atoms with van der Waals surface area (Å²) in [5.74, 6) is 0. The topological polar surface area (TPSA) is 49.4 Å². The molecule has 0 aliphatic carbocycles. The van der Waals surface area contributed by atoms with Crippen LogP contribution in [0.3, 0.4) is 0 Å². The number of halogens is 2. The van der Waals surface area contributed by atoms with Crippen molar-refractivity contribution in [3.63, 3.8) is 0 Å². The second kappa shape index (κ2) is 7.49. The number of nitrogens with zero attached hydrogens (tertiary/aromatic N) is 1. The number of rotatable bonds is 3. The summed E-state index contributed by atoms with van der Waals surface area (Å²) in [7, 11) is -1.54. The second-order valence-electron chi connectivity index (χ2n) is 5.64. The molecule has 1 aliphatic heterocycles. The van der Waals surface area contributed by atoms with Crippen LogP contribution in [0.2, 0.25) is 0 Å². The van der Waals surface area contributed by atoms with E-state index < -0.39 is 10.0 Å². The van der Waals surface area contributed by atoms with Crippen molar-refractivity contribution in [3.05, 3.63) is 40.9 Å². The summed E-state index contributed by atoms with van der Waals surface area (Å²) in [6.07, 6.45) is 1.92. The number of nitrogens with one attached hydrogen (secondary N) is 1. The zero-order valence-corrected chi connectivity index (χ0v) is 16.0. The molecule has 126 valence electrons.